The lowest BCUT2D eigenvalue weighted by atomic mass is 9.81. The number of ketones is 2. The second-order valence-electron chi connectivity index (χ2n) is 33.3. The van der Waals surface area contributed by atoms with Crippen LogP contribution in [-0.4, -0.2) is 311 Å². The van der Waals surface area contributed by atoms with Crippen molar-refractivity contribution in [2.45, 2.75) is 223 Å². The van der Waals surface area contributed by atoms with Crippen molar-refractivity contribution in [1.82, 2.24) is 66.2 Å². The average Bonchev–Trinajstić information content (AvgIpc) is 0.728. The predicted molar refractivity (Wildman–Crippen MR) is 448 cm³/mol. The zero-order chi connectivity index (χ0) is 89.1. The molecule has 1 aliphatic heterocycles. The molecule has 1 aliphatic carbocycles. The number of aliphatic hydroxyl groups excluding tert-OH is 3. The van der Waals surface area contributed by atoms with E-state index in [4.69, 9.17) is 10.2 Å². The molecule has 658 valence electrons. The Kier molecular flexibility index (Phi) is 41.7. The molecule has 2 aromatic carbocycles. The Bertz CT molecular complexity index is 3680. The van der Waals surface area contributed by atoms with Crippen LogP contribution >= 0.6 is 0 Å². The van der Waals surface area contributed by atoms with Gasteiger partial charge in [-0.15, -0.1) is 0 Å². The van der Waals surface area contributed by atoms with Gasteiger partial charge in [-0.1, -0.05) is 109 Å². The lowest BCUT2D eigenvalue weighted by Crippen LogP contribution is -2.63. The summed E-state index contributed by atoms with van der Waals surface area (Å²) < 4.78 is 0. The number of allylic oxidation sites excluding steroid dienone is 2. The maximum atomic E-state index is 15.1. The van der Waals surface area contributed by atoms with Crippen LogP contribution < -0.4 is 42.5 Å². The number of nitrogens with one attached hydrogen (secondary N) is 8. The number of likely N-dealkylation sites (N-methyl/N-ethyl adjacent to an activating group) is 7. The summed E-state index contributed by atoms with van der Waals surface area (Å²) in [4.78, 5) is 195. The minimum Gasteiger partial charge on any atom is -0.507 e. The quantitative estimate of drug-likeness (QED) is 0.0296. The molecule has 1 heterocycles. The van der Waals surface area contributed by atoms with Crippen molar-refractivity contribution in [2.24, 2.45) is 41.4 Å². The zero-order valence-corrected chi connectivity index (χ0v) is 73.6. The minimum absolute atomic E-state index is 0.00939. The number of nitrogens with zero attached hydrogens (tertiary/aromatic N) is 7. The summed E-state index contributed by atoms with van der Waals surface area (Å²) in [7, 11) is 9.92. The molecule has 1 fully saturated rings. The molecular weight excluding hydrogens is 1510 g/mol. The van der Waals surface area contributed by atoms with Gasteiger partial charge < -0.3 is 102 Å². The van der Waals surface area contributed by atoms with Crippen LogP contribution in [0.3, 0.4) is 0 Å². The summed E-state index contributed by atoms with van der Waals surface area (Å²) >= 11 is 0. The molecule has 2 aromatic rings. The van der Waals surface area contributed by atoms with Gasteiger partial charge in [0.2, 0.25) is 76.5 Å². The third-order valence-corrected chi connectivity index (χ3v) is 21.2. The first-order valence-corrected chi connectivity index (χ1v) is 41.0. The highest BCUT2D eigenvalue weighted by Crippen LogP contribution is 2.42. The Morgan fingerprint density at radius 3 is 1.28 bits per heavy atom. The maximum Gasteiger partial charge on any atom is 0.246 e. The molecule has 2 aliphatic rings. The Hall–Kier alpha value is -9.31. The molecule has 12 atom stereocenters. The molecule has 33 heteroatoms. The molecule has 0 saturated carbocycles. The van der Waals surface area contributed by atoms with Gasteiger partial charge in [-0.05, 0) is 125 Å². The van der Waals surface area contributed by atoms with E-state index in [1.807, 2.05) is 61.5 Å². The largest absolute Gasteiger partial charge is 0.507 e. The van der Waals surface area contributed by atoms with E-state index in [9.17, 15) is 68.1 Å². The Labute approximate surface area is 692 Å². The number of amides is 11. The Balaban J connectivity index is 0.000000909. The van der Waals surface area contributed by atoms with Crippen molar-refractivity contribution in [3.8, 4) is 11.5 Å². The molecule has 13 N–H and O–H groups in total. The lowest BCUT2D eigenvalue weighted by molar-refractivity contribution is -0.157. The fourth-order valence-corrected chi connectivity index (χ4v) is 14.3. The third-order valence-electron chi connectivity index (χ3n) is 21.2. The van der Waals surface area contributed by atoms with Crippen molar-refractivity contribution >= 4 is 87.9 Å². The summed E-state index contributed by atoms with van der Waals surface area (Å²) in [6, 6.07) is -6.59. The topological polar surface area (TPSA) is 442 Å². The molecule has 0 unspecified atom stereocenters. The van der Waals surface area contributed by atoms with E-state index >= 15 is 9.59 Å². The standard InChI is InChI=1S/C62H111N11O12.C22H28N4O6/c1-25-27-28-40(15)52(75)51-56(79)65-43(26-2)58(81)67(18)33-48(74)68(19)44(29-34(3)4)55(78)66-49(38(11)12)61(84)69(20)45(30-35(5)6)54(77)63-41(16)53(76)64-42(17)57(80)70(21)46(31-36(7)8)59(82)71(22)47(32-37(9)10)60(83)72(23)50(39(13)14)62(85)73(51)24;27-11-9-23-5-7-25-13-1-2-14(26-8-6-24-10-12-28)18-17(13)21(31)19-15(29)3-4-16(30)20(19)22(18)32/h25,27,34-47,49-52,75H,26,28-33H2,1-24H3,(H,63,77)(H,64,76)(H,65,79)(H,66,78);1-4,23-30H,5-12H2/b27-25+;/t40-,41+,42-,43+,44+,45+,46+,47+,49+,50+,51+,52-;/m1./s1. The van der Waals surface area contributed by atoms with Crippen LogP contribution in [0.5, 0.6) is 11.5 Å². The molecule has 1 saturated heterocycles. The Morgan fingerprint density at radius 1 is 0.444 bits per heavy atom. The molecule has 0 spiro atoms. The fourth-order valence-electron chi connectivity index (χ4n) is 14.3. The van der Waals surface area contributed by atoms with E-state index < -0.39 is 167 Å². The fraction of sp³-hybridized carbons (Fsp3) is 0.679. The van der Waals surface area contributed by atoms with Gasteiger partial charge in [-0.3, -0.25) is 62.3 Å². The Morgan fingerprint density at radius 2 is 0.855 bits per heavy atom. The van der Waals surface area contributed by atoms with Crippen LogP contribution in [0.4, 0.5) is 11.4 Å². The number of phenolic OH excluding ortho intramolecular Hbond substituents is 2. The first kappa shape index (κ1) is 102. The molecule has 0 bridgehead atoms. The van der Waals surface area contributed by atoms with E-state index in [2.05, 4.69) is 42.5 Å². The number of carbonyl (C=O) groups excluding carboxylic acids is 13. The van der Waals surface area contributed by atoms with Gasteiger partial charge in [0.25, 0.3) is 0 Å². The van der Waals surface area contributed by atoms with Crippen LogP contribution in [0, 0.1) is 41.4 Å². The molecule has 33 nitrogen and oxygen atoms in total. The monoisotopic (exact) mass is 1650 g/mol. The van der Waals surface area contributed by atoms with Gasteiger partial charge in [-0.2, -0.15) is 0 Å². The lowest BCUT2D eigenvalue weighted by Gasteiger charge is -2.41. The smallest absolute Gasteiger partial charge is 0.246 e. The maximum absolute atomic E-state index is 15.1. The minimum atomic E-state index is -1.61. The van der Waals surface area contributed by atoms with E-state index in [1.165, 1.54) is 99.8 Å². The molecule has 11 amide bonds. The number of hydrogen-bond donors (Lipinski definition) is 13. The zero-order valence-electron chi connectivity index (χ0n) is 73.6. The van der Waals surface area contributed by atoms with Gasteiger partial charge in [0, 0.05) is 100.0 Å². The molecule has 117 heavy (non-hydrogen) atoms. The van der Waals surface area contributed by atoms with E-state index in [0.717, 1.165) is 9.80 Å². The molecular formula is C84H139N15O18. The highest BCUT2D eigenvalue weighted by molar-refractivity contribution is 6.33. The molecule has 4 rings (SSSR count). The number of benzene rings is 2. The van der Waals surface area contributed by atoms with Gasteiger partial charge in [0.15, 0.2) is 0 Å². The summed E-state index contributed by atoms with van der Waals surface area (Å²) in [5, 5.41) is 73.6. The van der Waals surface area contributed by atoms with E-state index in [-0.39, 0.29) is 103 Å². The van der Waals surface area contributed by atoms with Gasteiger partial charge in [0.1, 0.15) is 71.9 Å². The van der Waals surface area contributed by atoms with Crippen molar-refractivity contribution in [2.75, 3.05) is 119 Å². The van der Waals surface area contributed by atoms with Crippen LogP contribution in [0.25, 0.3) is 0 Å². The number of aliphatic hydroxyl groups is 3. The van der Waals surface area contributed by atoms with Crippen molar-refractivity contribution in [1.29, 1.82) is 0 Å². The number of hydrogen-bond acceptors (Lipinski definition) is 22. The number of anilines is 2. The second-order valence-corrected chi connectivity index (χ2v) is 33.3. The molecule has 0 aromatic heterocycles. The first-order chi connectivity index (χ1) is 54.7. The van der Waals surface area contributed by atoms with E-state index in [1.54, 1.807) is 66.7 Å². The number of aromatic hydroxyl groups is 2. The van der Waals surface area contributed by atoms with Crippen LogP contribution in [0.15, 0.2) is 36.4 Å². The predicted octanol–water partition coefficient (Wildman–Crippen LogP) is 3.13. The summed E-state index contributed by atoms with van der Waals surface area (Å²) in [5.41, 5.74) is 0.678. The van der Waals surface area contributed by atoms with Crippen molar-refractivity contribution in [3.63, 3.8) is 0 Å². The summed E-state index contributed by atoms with van der Waals surface area (Å²) in [6.07, 6.45) is 3.04. The SMILES string of the molecule is C/C=C/C[C@@H](C)[C@@H](O)[C@H]1C(=O)N[C@@H](CC)C(=O)N(C)CC(=O)N(C)[C@@H](CC(C)C)C(=O)N[C@@H](C(C)C)C(=O)N(C)[C@@H](CC(C)C)C(=O)N[C@@H](C)C(=O)N[C@H](C)C(=O)N(C)[C@@H](CC(C)C)C(=O)N(C)[C@@H](CC(C)C)C(=O)N(C)[C@@H](C(C)C)C(=O)N1C.O=C1c2c(O)ccc(O)c2C(=O)c2c(NCCNCCO)ccc(NCCNCCO)c21. The van der Waals surface area contributed by atoms with Crippen LogP contribution in [0.1, 0.15) is 188 Å². The first-order valence-electron chi connectivity index (χ1n) is 41.0. The highest BCUT2D eigenvalue weighted by atomic mass is 16.3. The number of carbonyl (C=O) groups is 13. The van der Waals surface area contributed by atoms with E-state index in [0.29, 0.717) is 57.1 Å². The van der Waals surface area contributed by atoms with Gasteiger partial charge >= 0.3 is 0 Å². The highest BCUT2D eigenvalue weighted by Gasteiger charge is 2.47. The third kappa shape index (κ3) is 27.9. The normalized spacial score (nSPS) is 22.9. The number of phenols is 2. The average molecular weight is 1650 g/mol. The van der Waals surface area contributed by atoms with Crippen LogP contribution in [-0.2, 0) is 52.7 Å². The summed E-state index contributed by atoms with van der Waals surface area (Å²) in [6.45, 7) is 32.1. The molecule has 0 radical (unpaired) electrons. The number of rotatable bonds is 27. The van der Waals surface area contributed by atoms with Gasteiger partial charge in [0.05, 0.1) is 48.1 Å². The van der Waals surface area contributed by atoms with Crippen molar-refractivity contribution < 1.29 is 87.9 Å². The van der Waals surface area contributed by atoms with Gasteiger partial charge in [-0.25, -0.2) is 0 Å². The summed E-state index contributed by atoms with van der Waals surface area (Å²) in [5.74, 6) is -11.6. The van der Waals surface area contributed by atoms with Crippen LogP contribution in [0.2, 0.25) is 0 Å². The second kappa shape index (κ2) is 47.9. The number of fused-ring (bicyclic) bond motifs is 2. The van der Waals surface area contributed by atoms with Crippen molar-refractivity contribution in [3.05, 3.63) is 58.7 Å².